The van der Waals surface area contributed by atoms with Gasteiger partial charge in [-0.25, -0.2) is 10.8 Å². The molecule has 0 unspecified atom stereocenters. The van der Waals surface area contributed by atoms with E-state index >= 15 is 0 Å². The highest BCUT2D eigenvalue weighted by Crippen LogP contribution is 1.90. The summed E-state index contributed by atoms with van der Waals surface area (Å²) in [6.45, 7) is 5.48. The zero-order valence-corrected chi connectivity index (χ0v) is 9.82. The normalized spacial score (nSPS) is 11.6. The van der Waals surface area contributed by atoms with Gasteiger partial charge < -0.3 is 14.4 Å². The van der Waals surface area contributed by atoms with Crippen LogP contribution in [0.5, 0.6) is 0 Å². The fraction of sp³-hybridized carbons (Fsp3) is 0.889. The van der Waals surface area contributed by atoms with Crippen molar-refractivity contribution < 1.29 is 9.47 Å². The third kappa shape index (κ3) is 6.27. The largest absolute Gasteiger partial charge is 0.383 e. The Balaban J connectivity index is 4.12. The third-order valence-electron chi connectivity index (χ3n) is 1.93. The maximum atomic E-state index is 5.40. The monoisotopic (exact) mass is 218 g/mol. The molecule has 0 radical (unpaired) electrons. The lowest BCUT2D eigenvalue weighted by Crippen LogP contribution is -2.46. The lowest BCUT2D eigenvalue weighted by molar-refractivity contribution is 0.176. The van der Waals surface area contributed by atoms with Gasteiger partial charge in [0.2, 0.25) is 5.96 Å². The molecule has 0 aromatic heterocycles. The second-order valence-corrected chi connectivity index (χ2v) is 2.91. The maximum absolute atomic E-state index is 5.40. The van der Waals surface area contributed by atoms with Crippen LogP contribution in [0.4, 0.5) is 0 Å². The Morgan fingerprint density at radius 2 is 2.00 bits per heavy atom. The van der Waals surface area contributed by atoms with Gasteiger partial charge in [-0.05, 0) is 6.92 Å². The van der Waals surface area contributed by atoms with E-state index in [0.29, 0.717) is 25.7 Å². The molecule has 3 N–H and O–H groups in total. The lowest BCUT2D eigenvalue weighted by atomic mass is 10.5. The van der Waals surface area contributed by atoms with Crippen LogP contribution in [0.15, 0.2) is 4.99 Å². The minimum absolute atomic E-state index is 0.590. The highest BCUT2D eigenvalue weighted by Gasteiger charge is 2.06. The van der Waals surface area contributed by atoms with Crippen LogP contribution in [0.1, 0.15) is 6.92 Å². The van der Waals surface area contributed by atoms with Gasteiger partial charge in [-0.2, -0.15) is 0 Å². The molecule has 0 heterocycles. The minimum atomic E-state index is 0.590. The number of hydrogen-bond acceptors (Lipinski definition) is 4. The average Bonchev–Trinajstić information content (AvgIpc) is 2.27. The van der Waals surface area contributed by atoms with Gasteiger partial charge in [0, 0.05) is 27.3 Å². The quantitative estimate of drug-likeness (QED) is 0.197. The first-order valence-corrected chi connectivity index (χ1v) is 5.04. The molecule has 0 aliphatic rings. The smallest absolute Gasteiger partial charge is 0.208 e. The summed E-state index contributed by atoms with van der Waals surface area (Å²) >= 11 is 0. The van der Waals surface area contributed by atoms with Crippen molar-refractivity contribution >= 4 is 5.96 Å². The first kappa shape index (κ1) is 14.2. The van der Waals surface area contributed by atoms with Crippen molar-refractivity contribution in [2.45, 2.75) is 6.92 Å². The SMILES string of the molecule is CCN(CCOC)C(=NCCOC)NN. The Morgan fingerprint density at radius 3 is 2.47 bits per heavy atom. The molecule has 0 saturated carbocycles. The van der Waals surface area contributed by atoms with Gasteiger partial charge in [-0.15, -0.1) is 0 Å². The van der Waals surface area contributed by atoms with Crippen molar-refractivity contribution in [3.8, 4) is 0 Å². The van der Waals surface area contributed by atoms with Crippen molar-refractivity contribution in [2.75, 3.05) is 47.1 Å². The maximum Gasteiger partial charge on any atom is 0.208 e. The van der Waals surface area contributed by atoms with Gasteiger partial charge in [0.05, 0.1) is 19.8 Å². The molecule has 0 rings (SSSR count). The molecule has 0 bridgehead atoms. The Morgan fingerprint density at radius 1 is 1.33 bits per heavy atom. The molecule has 6 nitrogen and oxygen atoms in total. The molecule has 15 heavy (non-hydrogen) atoms. The number of hydrogen-bond donors (Lipinski definition) is 2. The van der Waals surface area contributed by atoms with Gasteiger partial charge >= 0.3 is 0 Å². The second-order valence-electron chi connectivity index (χ2n) is 2.91. The number of rotatable bonds is 7. The Hall–Kier alpha value is -0.850. The van der Waals surface area contributed by atoms with Crippen LogP contribution in [0, 0.1) is 0 Å². The predicted octanol–water partition coefficient (Wildman–Crippen LogP) is -0.580. The highest BCUT2D eigenvalue weighted by molar-refractivity contribution is 5.79. The van der Waals surface area contributed by atoms with Crippen LogP contribution in [0.3, 0.4) is 0 Å². The number of guanidine groups is 1. The minimum Gasteiger partial charge on any atom is -0.383 e. The van der Waals surface area contributed by atoms with Crippen molar-refractivity contribution in [3.05, 3.63) is 0 Å². The molecule has 0 fully saturated rings. The Kier molecular flexibility index (Phi) is 9.15. The standard InChI is InChI=1S/C9H22N4O2/c1-4-13(6-8-15-3)9(12-10)11-5-7-14-2/h4-8,10H2,1-3H3,(H,11,12). The van der Waals surface area contributed by atoms with E-state index < -0.39 is 0 Å². The van der Waals surface area contributed by atoms with Crippen molar-refractivity contribution in [1.82, 2.24) is 10.3 Å². The van der Waals surface area contributed by atoms with Crippen LogP contribution >= 0.6 is 0 Å². The van der Waals surface area contributed by atoms with Crippen LogP contribution in [-0.4, -0.2) is 57.9 Å². The summed E-state index contributed by atoms with van der Waals surface area (Å²) < 4.78 is 9.92. The van der Waals surface area contributed by atoms with Gasteiger partial charge in [0.15, 0.2) is 0 Å². The summed E-state index contributed by atoms with van der Waals surface area (Å²) in [5, 5.41) is 0. The highest BCUT2D eigenvalue weighted by atomic mass is 16.5. The zero-order chi connectivity index (χ0) is 11.5. The summed E-state index contributed by atoms with van der Waals surface area (Å²) in [5.74, 6) is 6.07. The lowest BCUT2D eigenvalue weighted by Gasteiger charge is -2.23. The number of hydrazine groups is 1. The summed E-state index contributed by atoms with van der Waals surface area (Å²) in [4.78, 5) is 6.29. The molecular weight excluding hydrogens is 196 g/mol. The molecule has 0 aromatic rings. The number of nitrogens with two attached hydrogens (primary N) is 1. The van der Waals surface area contributed by atoms with E-state index in [-0.39, 0.29) is 0 Å². The number of methoxy groups -OCH3 is 2. The first-order chi connectivity index (χ1) is 7.29. The number of likely N-dealkylation sites (N-methyl/N-ethyl adjacent to an activating group) is 1. The first-order valence-electron chi connectivity index (χ1n) is 5.04. The van der Waals surface area contributed by atoms with Gasteiger partial charge in [0.1, 0.15) is 0 Å². The van der Waals surface area contributed by atoms with E-state index in [1.807, 2.05) is 11.8 Å². The number of ether oxygens (including phenoxy) is 2. The summed E-state index contributed by atoms with van der Waals surface area (Å²) in [5.41, 5.74) is 2.59. The zero-order valence-electron chi connectivity index (χ0n) is 9.82. The molecular formula is C9H22N4O2. The Bertz CT molecular complexity index is 175. The molecule has 0 amide bonds. The van der Waals surface area contributed by atoms with Crippen LogP contribution in [0.2, 0.25) is 0 Å². The molecule has 0 aliphatic carbocycles. The van der Waals surface area contributed by atoms with E-state index in [4.69, 9.17) is 15.3 Å². The van der Waals surface area contributed by atoms with Crippen molar-refractivity contribution in [1.29, 1.82) is 0 Å². The molecule has 0 aromatic carbocycles. The third-order valence-corrected chi connectivity index (χ3v) is 1.93. The van der Waals surface area contributed by atoms with Gasteiger partial charge in [0.25, 0.3) is 0 Å². The molecule has 0 aliphatic heterocycles. The average molecular weight is 218 g/mol. The number of nitrogens with zero attached hydrogens (tertiary/aromatic N) is 2. The predicted molar refractivity (Wildman–Crippen MR) is 60.6 cm³/mol. The second kappa shape index (κ2) is 9.70. The topological polar surface area (TPSA) is 72.1 Å². The van der Waals surface area contributed by atoms with Gasteiger partial charge in [-0.3, -0.25) is 5.43 Å². The van der Waals surface area contributed by atoms with E-state index in [2.05, 4.69) is 10.4 Å². The van der Waals surface area contributed by atoms with E-state index in [1.165, 1.54) is 0 Å². The van der Waals surface area contributed by atoms with E-state index in [0.717, 1.165) is 13.1 Å². The number of nitrogens with one attached hydrogen (secondary N) is 1. The van der Waals surface area contributed by atoms with Crippen LogP contribution in [0.25, 0.3) is 0 Å². The fourth-order valence-electron chi connectivity index (χ4n) is 1.10. The molecule has 90 valence electrons. The van der Waals surface area contributed by atoms with Crippen molar-refractivity contribution in [2.24, 2.45) is 10.8 Å². The van der Waals surface area contributed by atoms with Crippen LogP contribution in [-0.2, 0) is 9.47 Å². The molecule has 0 saturated heterocycles. The molecule has 0 atom stereocenters. The summed E-state index contributed by atoms with van der Waals surface area (Å²) in [7, 11) is 3.32. The van der Waals surface area contributed by atoms with E-state index in [1.54, 1.807) is 14.2 Å². The van der Waals surface area contributed by atoms with E-state index in [9.17, 15) is 0 Å². The van der Waals surface area contributed by atoms with Crippen LogP contribution < -0.4 is 11.3 Å². The van der Waals surface area contributed by atoms with Crippen molar-refractivity contribution in [3.63, 3.8) is 0 Å². The summed E-state index contributed by atoms with van der Waals surface area (Å²) in [6, 6.07) is 0. The molecule has 6 heteroatoms. The molecule has 0 spiro atoms. The Labute approximate surface area is 91.4 Å². The fourth-order valence-corrected chi connectivity index (χ4v) is 1.10. The number of aliphatic imine (C=N–C) groups is 1. The van der Waals surface area contributed by atoms with Gasteiger partial charge in [-0.1, -0.05) is 0 Å². The summed E-state index contributed by atoms with van der Waals surface area (Å²) in [6.07, 6.45) is 0.